The largest absolute Gasteiger partial charge is 0.396 e. The van der Waals surface area contributed by atoms with Gasteiger partial charge in [0.2, 0.25) is 0 Å². The minimum atomic E-state index is 0.215. The van der Waals surface area contributed by atoms with Gasteiger partial charge in [0.25, 0.3) is 0 Å². The highest BCUT2D eigenvalue weighted by atomic mass is 16.3. The molecule has 3 N–H and O–H groups in total. The molecule has 0 bridgehead atoms. The quantitative estimate of drug-likeness (QED) is 0.573. The molecule has 0 aromatic heterocycles. The van der Waals surface area contributed by atoms with Gasteiger partial charge < -0.3 is 20.4 Å². The first-order valence-electron chi connectivity index (χ1n) is 7.47. The average Bonchev–Trinajstić information content (AvgIpc) is 2.40. The van der Waals surface area contributed by atoms with Gasteiger partial charge in [0, 0.05) is 32.3 Å². The molecule has 1 aliphatic heterocycles. The lowest BCUT2D eigenvalue weighted by atomic mass is 9.90. The number of nitrogens with one attached hydrogen (secondary N) is 1. The molecule has 0 aromatic rings. The third-order valence-corrected chi connectivity index (χ3v) is 3.76. The van der Waals surface area contributed by atoms with Crippen molar-refractivity contribution in [2.24, 2.45) is 5.92 Å². The first kappa shape index (κ1) is 15.9. The molecule has 0 spiro atoms. The molecule has 18 heavy (non-hydrogen) atoms. The molecule has 0 aromatic carbocycles. The van der Waals surface area contributed by atoms with E-state index in [4.69, 9.17) is 10.2 Å². The van der Waals surface area contributed by atoms with E-state index in [0.29, 0.717) is 25.1 Å². The first-order chi connectivity index (χ1) is 8.80. The highest BCUT2D eigenvalue weighted by molar-refractivity contribution is 4.83. The zero-order chi connectivity index (χ0) is 13.2. The predicted molar refractivity (Wildman–Crippen MR) is 74.7 cm³/mol. The summed E-state index contributed by atoms with van der Waals surface area (Å²) in [7, 11) is 0. The number of likely N-dealkylation sites (tertiary alicyclic amines) is 1. The summed E-state index contributed by atoms with van der Waals surface area (Å²) in [5, 5.41) is 21.3. The third kappa shape index (κ3) is 6.14. The maximum atomic E-state index is 8.95. The van der Waals surface area contributed by atoms with Crippen molar-refractivity contribution in [2.45, 2.75) is 45.1 Å². The number of hydrogen-bond donors (Lipinski definition) is 3. The zero-order valence-electron chi connectivity index (χ0n) is 11.8. The van der Waals surface area contributed by atoms with Gasteiger partial charge in [0.15, 0.2) is 0 Å². The maximum Gasteiger partial charge on any atom is 0.0556 e. The van der Waals surface area contributed by atoms with Crippen LogP contribution in [-0.2, 0) is 0 Å². The fraction of sp³-hybridized carbons (Fsp3) is 1.00. The predicted octanol–water partition coefficient (Wildman–Crippen LogP) is 0.831. The van der Waals surface area contributed by atoms with E-state index in [9.17, 15) is 0 Å². The Kier molecular flexibility index (Phi) is 8.59. The van der Waals surface area contributed by atoms with E-state index in [1.54, 1.807) is 0 Å². The van der Waals surface area contributed by atoms with Gasteiger partial charge >= 0.3 is 0 Å². The van der Waals surface area contributed by atoms with Crippen LogP contribution in [0.3, 0.4) is 0 Å². The number of aliphatic hydroxyl groups excluding tert-OH is 2. The molecule has 0 amide bonds. The van der Waals surface area contributed by atoms with Crippen LogP contribution in [0.4, 0.5) is 0 Å². The normalized spacial score (nSPS) is 25.5. The minimum Gasteiger partial charge on any atom is -0.396 e. The van der Waals surface area contributed by atoms with Gasteiger partial charge in [-0.1, -0.05) is 13.3 Å². The van der Waals surface area contributed by atoms with Gasteiger partial charge in [-0.15, -0.1) is 0 Å². The van der Waals surface area contributed by atoms with Gasteiger partial charge in [-0.2, -0.15) is 0 Å². The van der Waals surface area contributed by atoms with E-state index in [-0.39, 0.29) is 6.61 Å². The number of hydrogen-bond acceptors (Lipinski definition) is 4. The Labute approximate surface area is 111 Å². The fourth-order valence-corrected chi connectivity index (χ4v) is 2.87. The molecule has 0 saturated carbocycles. The summed E-state index contributed by atoms with van der Waals surface area (Å²) in [5.74, 6) is 0.693. The van der Waals surface area contributed by atoms with Crippen LogP contribution >= 0.6 is 0 Å². The molecule has 1 heterocycles. The number of unbranched alkanes of at least 4 members (excludes halogenated alkanes) is 1. The van der Waals surface area contributed by atoms with Crippen molar-refractivity contribution in [3.05, 3.63) is 0 Å². The Balaban J connectivity index is 2.38. The highest BCUT2D eigenvalue weighted by Gasteiger charge is 2.25. The minimum absolute atomic E-state index is 0.215. The van der Waals surface area contributed by atoms with Crippen molar-refractivity contribution in [2.75, 3.05) is 39.4 Å². The molecule has 2 unspecified atom stereocenters. The summed E-state index contributed by atoms with van der Waals surface area (Å²) in [6, 6.07) is 0.506. The average molecular weight is 258 g/mol. The van der Waals surface area contributed by atoms with Gasteiger partial charge in [0.05, 0.1) is 6.61 Å². The van der Waals surface area contributed by atoms with E-state index in [0.717, 1.165) is 19.4 Å². The van der Waals surface area contributed by atoms with Crippen molar-refractivity contribution in [1.29, 1.82) is 0 Å². The van der Waals surface area contributed by atoms with Crippen molar-refractivity contribution >= 4 is 0 Å². The Bertz CT molecular complexity index is 163. The van der Waals surface area contributed by atoms with Crippen LogP contribution in [-0.4, -0.2) is 60.5 Å². The molecule has 108 valence electrons. The summed E-state index contributed by atoms with van der Waals surface area (Å²) in [6.45, 7) is 6.91. The summed E-state index contributed by atoms with van der Waals surface area (Å²) in [5.41, 5.74) is 0. The second-order valence-electron chi connectivity index (χ2n) is 5.46. The molecule has 2 atom stereocenters. The summed E-state index contributed by atoms with van der Waals surface area (Å²) in [6.07, 6.45) is 5.73. The van der Waals surface area contributed by atoms with E-state index in [2.05, 4.69) is 17.1 Å². The molecule has 1 rings (SSSR count). The van der Waals surface area contributed by atoms with Crippen molar-refractivity contribution in [3.63, 3.8) is 0 Å². The summed E-state index contributed by atoms with van der Waals surface area (Å²) < 4.78 is 0. The van der Waals surface area contributed by atoms with Gasteiger partial charge in [-0.25, -0.2) is 0 Å². The monoisotopic (exact) mass is 258 g/mol. The van der Waals surface area contributed by atoms with E-state index in [1.165, 1.54) is 32.4 Å². The molecule has 0 aliphatic carbocycles. The van der Waals surface area contributed by atoms with Gasteiger partial charge in [-0.3, -0.25) is 0 Å². The lowest BCUT2D eigenvalue weighted by molar-refractivity contribution is 0.125. The topological polar surface area (TPSA) is 55.7 Å². The van der Waals surface area contributed by atoms with Gasteiger partial charge in [-0.05, 0) is 38.1 Å². The summed E-state index contributed by atoms with van der Waals surface area (Å²) >= 11 is 0. The Morgan fingerprint density at radius 1 is 1.17 bits per heavy atom. The lowest BCUT2D eigenvalue weighted by Gasteiger charge is -2.38. The van der Waals surface area contributed by atoms with Crippen LogP contribution in [0.5, 0.6) is 0 Å². The van der Waals surface area contributed by atoms with E-state index >= 15 is 0 Å². The highest BCUT2D eigenvalue weighted by Crippen LogP contribution is 2.21. The second kappa shape index (κ2) is 9.73. The smallest absolute Gasteiger partial charge is 0.0556 e. The van der Waals surface area contributed by atoms with Crippen LogP contribution in [0.2, 0.25) is 0 Å². The number of aliphatic hydroxyl groups is 2. The SMILES string of the molecule is CCCCN1CC(CCCO)CC(NCCO)C1. The third-order valence-electron chi connectivity index (χ3n) is 3.76. The summed E-state index contributed by atoms with van der Waals surface area (Å²) in [4.78, 5) is 2.55. The molecule has 4 nitrogen and oxygen atoms in total. The maximum absolute atomic E-state index is 8.95. The fourth-order valence-electron chi connectivity index (χ4n) is 2.87. The van der Waals surface area contributed by atoms with E-state index < -0.39 is 0 Å². The van der Waals surface area contributed by atoms with Crippen LogP contribution in [0.25, 0.3) is 0 Å². The van der Waals surface area contributed by atoms with Crippen molar-refractivity contribution in [1.82, 2.24) is 10.2 Å². The lowest BCUT2D eigenvalue weighted by Crippen LogP contribution is -2.50. The van der Waals surface area contributed by atoms with Crippen LogP contribution in [0, 0.1) is 5.92 Å². The van der Waals surface area contributed by atoms with Gasteiger partial charge in [0.1, 0.15) is 0 Å². The van der Waals surface area contributed by atoms with Crippen LogP contribution in [0.15, 0.2) is 0 Å². The van der Waals surface area contributed by atoms with Crippen molar-refractivity contribution < 1.29 is 10.2 Å². The molecule has 1 aliphatic rings. The molecule has 1 fully saturated rings. The van der Waals surface area contributed by atoms with Crippen LogP contribution < -0.4 is 5.32 Å². The first-order valence-corrected chi connectivity index (χ1v) is 7.47. The molecular formula is C14H30N2O2. The zero-order valence-corrected chi connectivity index (χ0v) is 11.8. The number of piperidine rings is 1. The van der Waals surface area contributed by atoms with Crippen LogP contribution in [0.1, 0.15) is 39.0 Å². The second-order valence-corrected chi connectivity index (χ2v) is 5.46. The Hall–Kier alpha value is -0.160. The van der Waals surface area contributed by atoms with E-state index in [1.807, 2.05) is 0 Å². The number of rotatable bonds is 9. The number of nitrogens with zero attached hydrogens (tertiary/aromatic N) is 1. The Morgan fingerprint density at radius 2 is 2.00 bits per heavy atom. The molecule has 0 radical (unpaired) electrons. The molecular weight excluding hydrogens is 228 g/mol. The van der Waals surface area contributed by atoms with Crippen molar-refractivity contribution in [3.8, 4) is 0 Å². The Morgan fingerprint density at radius 3 is 2.67 bits per heavy atom. The molecule has 4 heteroatoms. The molecule has 1 saturated heterocycles. The standard InChI is InChI=1S/C14H30N2O2/c1-2-3-7-16-11-13(5-4-8-17)10-14(12-16)15-6-9-18/h13-15,17-18H,2-12H2,1H3.